The first-order valence-electron chi connectivity index (χ1n) is 7.48. The summed E-state index contributed by atoms with van der Waals surface area (Å²) in [6, 6.07) is 17.4. The van der Waals surface area contributed by atoms with Crippen molar-refractivity contribution in [3.8, 4) is 6.07 Å². The molecule has 0 bridgehead atoms. The van der Waals surface area contributed by atoms with Gasteiger partial charge in [0.15, 0.2) is 5.17 Å². The standard InChI is InChI=1S/C18H16ClN3S/c1-2-17-12-22(16-5-3-4-13(10-16)11-20)18(23-17)21-15-8-6-14(19)7-9-15/h3-10,17H,2,12H2,1H3. The van der Waals surface area contributed by atoms with Crippen LogP contribution < -0.4 is 4.90 Å². The summed E-state index contributed by atoms with van der Waals surface area (Å²) in [6.45, 7) is 3.09. The van der Waals surface area contributed by atoms with E-state index < -0.39 is 0 Å². The van der Waals surface area contributed by atoms with E-state index in [0.29, 0.717) is 15.8 Å². The number of halogens is 1. The van der Waals surface area contributed by atoms with Crippen LogP contribution in [-0.4, -0.2) is 17.0 Å². The Kier molecular flexibility index (Phi) is 4.90. The van der Waals surface area contributed by atoms with Gasteiger partial charge in [0.05, 0.1) is 17.3 Å². The summed E-state index contributed by atoms with van der Waals surface area (Å²) in [4.78, 5) is 6.96. The molecule has 3 rings (SSSR count). The summed E-state index contributed by atoms with van der Waals surface area (Å²) in [5.41, 5.74) is 2.56. The van der Waals surface area contributed by atoms with E-state index in [4.69, 9.17) is 21.9 Å². The molecular weight excluding hydrogens is 326 g/mol. The van der Waals surface area contributed by atoms with Crippen molar-refractivity contribution >= 4 is 39.9 Å². The fraction of sp³-hybridized carbons (Fsp3) is 0.222. The first-order chi connectivity index (χ1) is 11.2. The molecule has 1 saturated heterocycles. The SMILES string of the molecule is CCC1CN(c2cccc(C#N)c2)C(=Nc2ccc(Cl)cc2)S1. The second-order valence-corrected chi connectivity index (χ2v) is 7.00. The van der Waals surface area contributed by atoms with Crippen LogP contribution in [0.5, 0.6) is 0 Å². The fourth-order valence-corrected chi connectivity index (χ4v) is 3.70. The van der Waals surface area contributed by atoms with Crippen molar-refractivity contribution in [3.63, 3.8) is 0 Å². The van der Waals surface area contributed by atoms with Gasteiger partial charge in [-0.25, -0.2) is 4.99 Å². The zero-order valence-electron chi connectivity index (χ0n) is 12.7. The molecule has 1 aliphatic rings. The van der Waals surface area contributed by atoms with Gasteiger partial charge in [-0.3, -0.25) is 0 Å². The smallest absolute Gasteiger partial charge is 0.169 e. The minimum Gasteiger partial charge on any atom is -0.320 e. The first-order valence-corrected chi connectivity index (χ1v) is 8.74. The fourth-order valence-electron chi connectivity index (χ4n) is 2.42. The lowest BCUT2D eigenvalue weighted by Gasteiger charge is -2.18. The van der Waals surface area contributed by atoms with E-state index in [-0.39, 0.29) is 0 Å². The van der Waals surface area contributed by atoms with Gasteiger partial charge in [-0.1, -0.05) is 36.4 Å². The van der Waals surface area contributed by atoms with Crippen molar-refractivity contribution in [1.82, 2.24) is 0 Å². The molecule has 1 fully saturated rings. The van der Waals surface area contributed by atoms with Crippen LogP contribution in [-0.2, 0) is 0 Å². The van der Waals surface area contributed by atoms with Gasteiger partial charge in [-0.05, 0) is 48.9 Å². The maximum absolute atomic E-state index is 9.11. The Morgan fingerprint density at radius 1 is 1.30 bits per heavy atom. The molecule has 116 valence electrons. The number of amidine groups is 1. The van der Waals surface area contributed by atoms with Crippen molar-refractivity contribution in [2.45, 2.75) is 18.6 Å². The van der Waals surface area contributed by atoms with Crippen LogP contribution in [0.4, 0.5) is 11.4 Å². The summed E-state index contributed by atoms with van der Waals surface area (Å²) >= 11 is 7.72. The first kappa shape index (κ1) is 15.9. The number of anilines is 1. The third-order valence-corrected chi connectivity index (χ3v) is 5.27. The van der Waals surface area contributed by atoms with Crippen LogP contribution in [0.1, 0.15) is 18.9 Å². The molecule has 0 N–H and O–H groups in total. The molecule has 0 aromatic heterocycles. The monoisotopic (exact) mass is 341 g/mol. The predicted octanol–water partition coefficient (Wildman–Crippen LogP) is 5.23. The van der Waals surface area contributed by atoms with Gasteiger partial charge in [0.25, 0.3) is 0 Å². The Balaban J connectivity index is 1.95. The molecule has 5 heteroatoms. The van der Waals surface area contributed by atoms with Crippen LogP contribution in [0, 0.1) is 11.3 Å². The van der Waals surface area contributed by atoms with E-state index in [0.717, 1.165) is 29.5 Å². The van der Waals surface area contributed by atoms with Gasteiger partial charge in [0.1, 0.15) is 0 Å². The molecule has 1 heterocycles. The number of nitrogens with zero attached hydrogens (tertiary/aromatic N) is 3. The summed E-state index contributed by atoms with van der Waals surface area (Å²) < 4.78 is 0. The Hall–Kier alpha value is -1.96. The molecule has 0 saturated carbocycles. The third kappa shape index (κ3) is 3.69. The number of hydrogen-bond acceptors (Lipinski definition) is 3. The molecule has 3 nitrogen and oxygen atoms in total. The van der Waals surface area contributed by atoms with Crippen LogP contribution in [0.15, 0.2) is 53.5 Å². The summed E-state index contributed by atoms with van der Waals surface area (Å²) in [5, 5.41) is 11.3. The lowest BCUT2D eigenvalue weighted by molar-refractivity contribution is 0.835. The maximum Gasteiger partial charge on any atom is 0.169 e. The average molecular weight is 342 g/mol. The van der Waals surface area contributed by atoms with E-state index in [1.807, 2.05) is 48.5 Å². The number of thioether (sulfide) groups is 1. The number of benzene rings is 2. The maximum atomic E-state index is 9.11. The van der Waals surface area contributed by atoms with Crippen molar-refractivity contribution in [2.75, 3.05) is 11.4 Å². The zero-order valence-corrected chi connectivity index (χ0v) is 14.3. The molecule has 1 unspecified atom stereocenters. The number of hydrogen-bond donors (Lipinski definition) is 0. The number of aliphatic imine (C=N–C) groups is 1. The van der Waals surface area contributed by atoms with Crippen molar-refractivity contribution in [1.29, 1.82) is 5.26 Å². The highest BCUT2D eigenvalue weighted by molar-refractivity contribution is 8.15. The highest BCUT2D eigenvalue weighted by atomic mass is 35.5. The van der Waals surface area contributed by atoms with Crippen LogP contribution in [0.2, 0.25) is 5.02 Å². The van der Waals surface area contributed by atoms with Gasteiger partial charge < -0.3 is 4.90 Å². The second-order valence-electron chi connectivity index (χ2n) is 5.29. The molecule has 1 aliphatic heterocycles. The highest BCUT2D eigenvalue weighted by Gasteiger charge is 2.29. The zero-order chi connectivity index (χ0) is 16.2. The summed E-state index contributed by atoms with van der Waals surface area (Å²) in [6.07, 6.45) is 1.08. The average Bonchev–Trinajstić information content (AvgIpc) is 3.00. The largest absolute Gasteiger partial charge is 0.320 e. The van der Waals surface area contributed by atoms with Crippen LogP contribution in [0.3, 0.4) is 0 Å². The van der Waals surface area contributed by atoms with Crippen LogP contribution in [0.25, 0.3) is 0 Å². The second kappa shape index (κ2) is 7.08. The van der Waals surface area contributed by atoms with E-state index in [1.54, 1.807) is 11.8 Å². The van der Waals surface area contributed by atoms with E-state index in [1.165, 1.54) is 0 Å². The van der Waals surface area contributed by atoms with Crippen molar-refractivity contribution in [2.24, 2.45) is 4.99 Å². The van der Waals surface area contributed by atoms with Crippen LogP contribution >= 0.6 is 23.4 Å². The minimum absolute atomic E-state index is 0.506. The molecule has 2 aromatic carbocycles. The molecule has 2 aromatic rings. The molecular formula is C18H16ClN3S. The van der Waals surface area contributed by atoms with Gasteiger partial charge in [0.2, 0.25) is 0 Å². The Labute approximate surface area is 145 Å². The Morgan fingerprint density at radius 2 is 2.09 bits per heavy atom. The van der Waals surface area contributed by atoms with Gasteiger partial charge >= 0.3 is 0 Å². The number of nitriles is 1. The predicted molar refractivity (Wildman–Crippen MR) is 98.7 cm³/mol. The molecule has 0 amide bonds. The molecule has 0 aliphatic carbocycles. The summed E-state index contributed by atoms with van der Waals surface area (Å²) in [5.74, 6) is 0. The highest BCUT2D eigenvalue weighted by Crippen LogP contribution is 2.34. The van der Waals surface area contributed by atoms with Crippen molar-refractivity contribution in [3.05, 3.63) is 59.1 Å². The number of rotatable bonds is 3. The van der Waals surface area contributed by atoms with Crippen molar-refractivity contribution < 1.29 is 0 Å². The lowest BCUT2D eigenvalue weighted by atomic mass is 10.2. The quantitative estimate of drug-likeness (QED) is 0.767. The third-order valence-electron chi connectivity index (χ3n) is 3.68. The van der Waals surface area contributed by atoms with Gasteiger partial charge in [-0.15, -0.1) is 0 Å². The molecule has 23 heavy (non-hydrogen) atoms. The Morgan fingerprint density at radius 3 is 2.78 bits per heavy atom. The normalized spacial score (nSPS) is 19.1. The van der Waals surface area contributed by atoms with E-state index >= 15 is 0 Å². The molecule has 0 radical (unpaired) electrons. The lowest BCUT2D eigenvalue weighted by Crippen LogP contribution is -2.25. The molecule has 0 spiro atoms. The topological polar surface area (TPSA) is 39.4 Å². The molecule has 1 atom stereocenters. The summed E-state index contributed by atoms with van der Waals surface area (Å²) in [7, 11) is 0. The van der Waals surface area contributed by atoms with Gasteiger partial charge in [0, 0.05) is 22.5 Å². The van der Waals surface area contributed by atoms with E-state index in [2.05, 4.69) is 17.9 Å². The Bertz CT molecular complexity index is 765. The minimum atomic E-state index is 0.506. The van der Waals surface area contributed by atoms with E-state index in [9.17, 15) is 0 Å². The van der Waals surface area contributed by atoms with Gasteiger partial charge in [-0.2, -0.15) is 5.26 Å².